The molecular weight excluding hydrogens is 302 g/mol. The highest BCUT2D eigenvalue weighted by atomic mass is 14.2. The molecule has 0 aliphatic heterocycles. The molecule has 0 fully saturated rings. The van der Waals surface area contributed by atoms with Gasteiger partial charge < -0.3 is 0 Å². The first-order valence-corrected chi connectivity index (χ1v) is 9.13. The summed E-state index contributed by atoms with van der Waals surface area (Å²) in [5, 5.41) is 8.87. The van der Waals surface area contributed by atoms with Crippen molar-refractivity contribution in [3.63, 3.8) is 0 Å². The maximum atomic E-state index is 8.87. The molecule has 0 saturated heterocycles. The Bertz CT molecular complexity index is 788. The molecule has 1 heteroatoms. The van der Waals surface area contributed by atoms with E-state index >= 15 is 0 Å². The lowest BCUT2D eigenvalue weighted by Crippen LogP contribution is -2.04. The molecule has 0 bridgehead atoms. The summed E-state index contributed by atoms with van der Waals surface area (Å²) in [6, 6.07) is 20.9. The topological polar surface area (TPSA) is 23.8 Å². The quantitative estimate of drug-likeness (QED) is 0.637. The van der Waals surface area contributed by atoms with E-state index in [-0.39, 0.29) is 0 Å². The van der Waals surface area contributed by atoms with E-state index in [1.807, 2.05) is 12.1 Å². The molecule has 25 heavy (non-hydrogen) atoms. The summed E-state index contributed by atoms with van der Waals surface area (Å²) in [5.74, 6) is 0.683. The van der Waals surface area contributed by atoms with Crippen LogP contribution < -0.4 is 0 Å². The fraction of sp³-hybridized carbons (Fsp3) is 0.292. The normalized spacial score (nSPS) is 15.0. The van der Waals surface area contributed by atoms with E-state index < -0.39 is 0 Å². The summed E-state index contributed by atoms with van der Waals surface area (Å²) in [6.07, 6.45) is 10.3. The third-order valence-electron chi connectivity index (χ3n) is 4.87. The maximum Gasteiger partial charge on any atom is 0.0991 e. The Morgan fingerprint density at radius 2 is 1.52 bits per heavy atom. The zero-order valence-corrected chi connectivity index (χ0v) is 14.9. The first-order chi connectivity index (χ1) is 12.2. The molecule has 0 aromatic heterocycles. The Hall–Kier alpha value is -2.59. The van der Waals surface area contributed by atoms with Crippen LogP contribution in [0.2, 0.25) is 0 Å². The van der Waals surface area contributed by atoms with Crippen molar-refractivity contribution in [3.8, 4) is 6.07 Å². The number of hydrogen-bond acceptors (Lipinski definition) is 1. The lowest BCUT2D eigenvalue weighted by atomic mass is 9.87. The Balaban J connectivity index is 1.54. The van der Waals surface area contributed by atoms with Gasteiger partial charge in [-0.15, -0.1) is 0 Å². The molecule has 0 radical (unpaired) electrons. The fourth-order valence-electron chi connectivity index (χ4n) is 3.54. The standard InChI is InChI=1S/C24H25N/c1-19(15-20-5-3-2-4-6-20)16-21-7-9-22(10-8-21)17-23-11-13-24(18-25)14-12-23/h2-7,9,11-14,19H,8,10,15-17H2,1H3. The monoisotopic (exact) mass is 327 g/mol. The van der Waals surface area contributed by atoms with Crippen LogP contribution in [0.4, 0.5) is 0 Å². The van der Waals surface area contributed by atoms with E-state index in [1.165, 1.54) is 29.5 Å². The zero-order chi connectivity index (χ0) is 17.5. The van der Waals surface area contributed by atoms with Crippen LogP contribution in [0.5, 0.6) is 0 Å². The van der Waals surface area contributed by atoms with Crippen molar-refractivity contribution in [2.75, 3.05) is 0 Å². The average Bonchev–Trinajstić information content (AvgIpc) is 2.65. The summed E-state index contributed by atoms with van der Waals surface area (Å²) in [4.78, 5) is 0. The van der Waals surface area contributed by atoms with Gasteiger partial charge in [0.25, 0.3) is 0 Å². The molecule has 1 unspecified atom stereocenters. The van der Waals surface area contributed by atoms with Crippen LogP contribution >= 0.6 is 0 Å². The molecule has 3 rings (SSSR count). The summed E-state index contributed by atoms with van der Waals surface area (Å²) >= 11 is 0. The van der Waals surface area contributed by atoms with E-state index in [0.29, 0.717) is 5.92 Å². The molecular formula is C24H25N. The molecule has 0 heterocycles. The number of benzene rings is 2. The first-order valence-electron chi connectivity index (χ1n) is 9.13. The van der Waals surface area contributed by atoms with E-state index in [0.717, 1.165) is 24.8 Å². The van der Waals surface area contributed by atoms with Gasteiger partial charge in [-0.3, -0.25) is 0 Å². The predicted molar refractivity (Wildman–Crippen MR) is 104 cm³/mol. The summed E-state index contributed by atoms with van der Waals surface area (Å²) in [6.45, 7) is 2.35. The van der Waals surface area contributed by atoms with Gasteiger partial charge >= 0.3 is 0 Å². The van der Waals surface area contributed by atoms with Gasteiger partial charge in [-0.25, -0.2) is 0 Å². The number of hydrogen-bond donors (Lipinski definition) is 0. The van der Waals surface area contributed by atoms with Gasteiger partial charge in [-0.05, 0) is 61.3 Å². The summed E-state index contributed by atoms with van der Waals surface area (Å²) < 4.78 is 0. The second-order valence-electron chi connectivity index (χ2n) is 7.13. The van der Waals surface area contributed by atoms with Crippen LogP contribution in [0.3, 0.4) is 0 Å². The smallest absolute Gasteiger partial charge is 0.0991 e. The highest BCUT2D eigenvalue weighted by Gasteiger charge is 2.11. The molecule has 0 saturated carbocycles. The molecule has 0 spiro atoms. The van der Waals surface area contributed by atoms with Gasteiger partial charge in [0.2, 0.25) is 0 Å². The third kappa shape index (κ3) is 5.19. The Morgan fingerprint density at radius 3 is 2.16 bits per heavy atom. The van der Waals surface area contributed by atoms with Crippen molar-refractivity contribution >= 4 is 0 Å². The van der Waals surface area contributed by atoms with Crippen molar-refractivity contribution in [2.24, 2.45) is 5.92 Å². The van der Waals surface area contributed by atoms with E-state index in [9.17, 15) is 0 Å². The Morgan fingerprint density at radius 1 is 0.840 bits per heavy atom. The van der Waals surface area contributed by atoms with Crippen molar-refractivity contribution in [2.45, 2.75) is 39.0 Å². The molecule has 0 amide bonds. The third-order valence-corrected chi connectivity index (χ3v) is 4.87. The van der Waals surface area contributed by atoms with Crippen molar-refractivity contribution in [3.05, 3.63) is 94.6 Å². The van der Waals surface area contributed by atoms with E-state index in [2.05, 4.69) is 67.6 Å². The zero-order valence-electron chi connectivity index (χ0n) is 14.9. The van der Waals surface area contributed by atoms with Gasteiger partial charge in [0.05, 0.1) is 11.6 Å². The summed E-state index contributed by atoms with van der Waals surface area (Å²) in [5.41, 5.74) is 6.52. The summed E-state index contributed by atoms with van der Waals surface area (Å²) in [7, 11) is 0. The molecule has 2 aromatic carbocycles. The number of nitrogens with zero attached hydrogens (tertiary/aromatic N) is 1. The van der Waals surface area contributed by atoms with Gasteiger partial charge in [0.15, 0.2) is 0 Å². The molecule has 126 valence electrons. The lowest BCUT2D eigenvalue weighted by Gasteiger charge is -2.18. The molecule has 1 atom stereocenters. The number of nitriles is 1. The van der Waals surface area contributed by atoms with E-state index in [4.69, 9.17) is 5.26 Å². The molecule has 1 nitrogen and oxygen atoms in total. The molecule has 2 aromatic rings. The van der Waals surface area contributed by atoms with Crippen LogP contribution in [-0.4, -0.2) is 0 Å². The van der Waals surface area contributed by atoms with Crippen molar-refractivity contribution in [1.82, 2.24) is 0 Å². The highest BCUT2D eigenvalue weighted by molar-refractivity contribution is 5.35. The van der Waals surface area contributed by atoms with Crippen LogP contribution in [0.1, 0.15) is 42.9 Å². The number of allylic oxidation sites excluding steroid dienone is 4. The highest BCUT2D eigenvalue weighted by Crippen LogP contribution is 2.27. The second kappa shape index (κ2) is 8.49. The largest absolute Gasteiger partial charge is 0.192 e. The first kappa shape index (κ1) is 17.2. The van der Waals surface area contributed by atoms with Crippen LogP contribution in [0.25, 0.3) is 0 Å². The molecule has 0 N–H and O–H groups in total. The van der Waals surface area contributed by atoms with Gasteiger partial charge in [0.1, 0.15) is 0 Å². The van der Waals surface area contributed by atoms with Crippen molar-refractivity contribution in [1.29, 1.82) is 5.26 Å². The molecule has 1 aliphatic rings. The minimum atomic E-state index is 0.683. The fourth-order valence-corrected chi connectivity index (χ4v) is 3.54. The Labute approximate surface area is 151 Å². The number of rotatable bonds is 6. The SMILES string of the molecule is CC(CC1=CC=C(Cc2ccc(C#N)cc2)CC1)Cc1ccccc1. The minimum absolute atomic E-state index is 0.683. The van der Waals surface area contributed by atoms with Crippen LogP contribution in [0.15, 0.2) is 77.9 Å². The second-order valence-corrected chi connectivity index (χ2v) is 7.13. The Kier molecular flexibility index (Phi) is 5.86. The van der Waals surface area contributed by atoms with Gasteiger partial charge in [0, 0.05) is 0 Å². The minimum Gasteiger partial charge on any atom is -0.192 e. The van der Waals surface area contributed by atoms with Crippen LogP contribution in [0, 0.1) is 17.2 Å². The lowest BCUT2D eigenvalue weighted by molar-refractivity contribution is 0.560. The van der Waals surface area contributed by atoms with Gasteiger partial charge in [-0.1, -0.05) is 72.7 Å². The van der Waals surface area contributed by atoms with Crippen LogP contribution in [-0.2, 0) is 12.8 Å². The maximum absolute atomic E-state index is 8.87. The predicted octanol–water partition coefficient (Wildman–Crippen LogP) is 6.02. The average molecular weight is 327 g/mol. The van der Waals surface area contributed by atoms with Crippen molar-refractivity contribution < 1.29 is 0 Å². The van der Waals surface area contributed by atoms with E-state index in [1.54, 1.807) is 5.57 Å². The van der Waals surface area contributed by atoms with Gasteiger partial charge in [-0.2, -0.15) is 5.26 Å². The molecule has 1 aliphatic carbocycles.